The van der Waals surface area contributed by atoms with Crippen molar-refractivity contribution in [1.29, 1.82) is 0 Å². The summed E-state index contributed by atoms with van der Waals surface area (Å²) >= 11 is 0. The number of nitrogens with one attached hydrogen (secondary N) is 1. The highest BCUT2D eigenvalue weighted by molar-refractivity contribution is 5.94. The van der Waals surface area contributed by atoms with E-state index in [0.717, 1.165) is 17.7 Å². The van der Waals surface area contributed by atoms with E-state index in [2.05, 4.69) is 54.6 Å². The maximum absolute atomic E-state index is 12.8. The van der Waals surface area contributed by atoms with Crippen LogP contribution in [0.4, 0.5) is 0 Å². The van der Waals surface area contributed by atoms with Crippen LogP contribution >= 0.6 is 0 Å². The van der Waals surface area contributed by atoms with E-state index >= 15 is 0 Å². The van der Waals surface area contributed by atoms with Crippen LogP contribution in [0.25, 0.3) is 11.3 Å². The normalized spacial score (nSPS) is 11.4. The Morgan fingerprint density at radius 2 is 1.74 bits per heavy atom. The van der Waals surface area contributed by atoms with E-state index < -0.39 is 0 Å². The lowest BCUT2D eigenvalue weighted by atomic mass is 9.95. The number of carbonyl (C=O) groups is 1. The summed E-state index contributed by atoms with van der Waals surface area (Å²) in [6.45, 7) is 8.25. The van der Waals surface area contributed by atoms with Crippen molar-refractivity contribution in [3.8, 4) is 11.3 Å². The zero-order chi connectivity index (χ0) is 19.6. The van der Waals surface area contributed by atoms with Crippen molar-refractivity contribution in [2.24, 2.45) is 7.05 Å². The van der Waals surface area contributed by atoms with Crippen molar-refractivity contribution >= 4 is 5.91 Å². The molecule has 0 spiro atoms. The first-order valence-electron chi connectivity index (χ1n) is 9.23. The molecule has 1 N–H and O–H groups in total. The van der Waals surface area contributed by atoms with Gasteiger partial charge in [-0.3, -0.25) is 9.48 Å². The number of benzene rings is 2. The summed E-state index contributed by atoms with van der Waals surface area (Å²) in [5.74, 6) is -0.151. The van der Waals surface area contributed by atoms with Crippen LogP contribution < -0.4 is 5.32 Å². The minimum Gasteiger partial charge on any atom is -0.345 e. The van der Waals surface area contributed by atoms with Crippen LogP contribution in [0.1, 0.15) is 41.0 Å². The van der Waals surface area contributed by atoms with Crippen molar-refractivity contribution in [3.05, 3.63) is 77.0 Å². The molecule has 0 radical (unpaired) electrons. The molecular weight excluding hydrogens is 334 g/mol. The van der Waals surface area contributed by atoms with Crippen molar-refractivity contribution in [3.63, 3.8) is 0 Å². The van der Waals surface area contributed by atoms with Crippen molar-refractivity contribution in [2.45, 2.75) is 39.7 Å². The molecule has 0 aliphatic rings. The first-order valence-corrected chi connectivity index (χ1v) is 9.23. The van der Waals surface area contributed by atoms with Crippen molar-refractivity contribution < 1.29 is 4.79 Å². The fourth-order valence-electron chi connectivity index (χ4n) is 3.27. The van der Waals surface area contributed by atoms with Gasteiger partial charge in [-0.25, -0.2) is 0 Å². The SMILES string of the molecule is Cc1ccc(-c2cc(C(=O)NC(C)(C)Cc3ccccc3)nn2C)cc1C. The molecule has 4 nitrogen and oxygen atoms in total. The maximum atomic E-state index is 12.8. The van der Waals surface area contributed by atoms with Gasteiger partial charge < -0.3 is 5.32 Å². The fraction of sp³-hybridized carbons (Fsp3) is 0.304. The summed E-state index contributed by atoms with van der Waals surface area (Å²) in [6, 6.07) is 18.3. The Kier molecular flexibility index (Phi) is 5.17. The molecule has 0 atom stereocenters. The third kappa shape index (κ3) is 4.45. The van der Waals surface area contributed by atoms with Crippen molar-refractivity contribution in [1.82, 2.24) is 15.1 Å². The Labute approximate surface area is 161 Å². The second-order valence-electron chi connectivity index (χ2n) is 7.84. The molecule has 0 saturated heterocycles. The Morgan fingerprint density at radius 3 is 2.41 bits per heavy atom. The minimum absolute atomic E-state index is 0.151. The largest absolute Gasteiger partial charge is 0.345 e. The molecule has 1 amide bonds. The number of rotatable bonds is 5. The number of hydrogen-bond acceptors (Lipinski definition) is 2. The monoisotopic (exact) mass is 361 g/mol. The Hall–Kier alpha value is -2.88. The summed E-state index contributed by atoms with van der Waals surface area (Å²) < 4.78 is 1.77. The maximum Gasteiger partial charge on any atom is 0.272 e. The number of amides is 1. The molecule has 0 fully saturated rings. The molecule has 0 aliphatic heterocycles. The number of aromatic nitrogens is 2. The number of nitrogens with zero attached hydrogens (tertiary/aromatic N) is 2. The zero-order valence-corrected chi connectivity index (χ0v) is 16.7. The van der Waals surface area contributed by atoms with Crippen LogP contribution in [0.3, 0.4) is 0 Å². The van der Waals surface area contributed by atoms with Crippen LogP contribution in [0.5, 0.6) is 0 Å². The van der Waals surface area contributed by atoms with E-state index in [0.29, 0.717) is 5.69 Å². The van der Waals surface area contributed by atoms with Gasteiger partial charge in [-0.1, -0.05) is 42.5 Å². The molecule has 1 heterocycles. The molecule has 2 aromatic carbocycles. The second kappa shape index (κ2) is 7.39. The quantitative estimate of drug-likeness (QED) is 0.729. The molecule has 3 aromatic rings. The van der Waals surface area contributed by atoms with Crippen LogP contribution in [-0.4, -0.2) is 21.2 Å². The molecular formula is C23H27N3O. The van der Waals surface area contributed by atoms with E-state index in [1.165, 1.54) is 16.7 Å². The van der Waals surface area contributed by atoms with Gasteiger partial charge in [0, 0.05) is 18.2 Å². The lowest BCUT2D eigenvalue weighted by Gasteiger charge is -2.26. The third-order valence-corrected chi connectivity index (χ3v) is 4.86. The summed E-state index contributed by atoms with van der Waals surface area (Å²) in [6.07, 6.45) is 0.760. The minimum atomic E-state index is -0.365. The number of carbonyl (C=O) groups excluding carboxylic acids is 1. The number of hydrogen-bond donors (Lipinski definition) is 1. The highest BCUT2D eigenvalue weighted by Gasteiger charge is 2.23. The van der Waals surface area contributed by atoms with Crippen molar-refractivity contribution in [2.75, 3.05) is 0 Å². The van der Waals surface area contributed by atoms with Gasteiger partial charge >= 0.3 is 0 Å². The standard InChI is InChI=1S/C23H27N3O/c1-16-11-12-19(13-17(16)2)21-14-20(25-26(21)5)22(27)24-23(3,4)15-18-9-7-6-8-10-18/h6-14H,15H2,1-5H3,(H,24,27). The van der Waals surface area contributed by atoms with Crippen LogP contribution in [-0.2, 0) is 13.5 Å². The average molecular weight is 361 g/mol. The van der Waals surface area contributed by atoms with Gasteiger partial charge in [-0.2, -0.15) is 5.10 Å². The summed E-state index contributed by atoms with van der Waals surface area (Å²) in [4.78, 5) is 12.8. The lowest BCUT2D eigenvalue weighted by molar-refractivity contribution is 0.0907. The molecule has 0 aliphatic carbocycles. The molecule has 0 unspecified atom stereocenters. The van der Waals surface area contributed by atoms with Gasteiger partial charge in [-0.15, -0.1) is 0 Å². The van der Waals surface area contributed by atoms with Gasteiger partial charge in [0.1, 0.15) is 0 Å². The van der Waals surface area contributed by atoms with E-state index in [4.69, 9.17) is 0 Å². The topological polar surface area (TPSA) is 46.9 Å². The molecule has 4 heteroatoms. The van der Waals surface area contributed by atoms with Gasteiger partial charge in [0.05, 0.1) is 5.69 Å². The van der Waals surface area contributed by atoms with Gasteiger partial charge in [-0.05, 0) is 62.9 Å². The fourth-order valence-corrected chi connectivity index (χ4v) is 3.27. The Morgan fingerprint density at radius 1 is 1.04 bits per heavy atom. The lowest BCUT2D eigenvalue weighted by Crippen LogP contribution is -2.45. The predicted octanol–water partition coefficient (Wildman–Crippen LogP) is 4.46. The molecule has 3 rings (SSSR count). The predicted molar refractivity (Wildman–Crippen MR) is 110 cm³/mol. The molecule has 0 bridgehead atoms. The summed E-state index contributed by atoms with van der Waals surface area (Å²) in [5.41, 5.74) is 5.74. The Balaban J connectivity index is 1.78. The second-order valence-corrected chi connectivity index (χ2v) is 7.84. The van der Waals surface area contributed by atoms with E-state index in [9.17, 15) is 4.79 Å². The first kappa shape index (κ1) is 18.9. The van der Waals surface area contributed by atoms with E-state index in [1.807, 2.05) is 45.2 Å². The van der Waals surface area contributed by atoms with Gasteiger partial charge in [0.25, 0.3) is 5.91 Å². The molecule has 1 aromatic heterocycles. The van der Waals surface area contributed by atoms with Gasteiger partial charge in [0.2, 0.25) is 0 Å². The third-order valence-electron chi connectivity index (χ3n) is 4.86. The molecule has 0 saturated carbocycles. The van der Waals surface area contributed by atoms with Gasteiger partial charge in [0.15, 0.2) is 5.69 Å². The molecule has 27 heavy (non-hydrogen) atoms. The van der Waals surface area contributed by atoms with Crippen LogP contribution in [0.15, 0.2) is 54.6 Å². The van der Waals surface area contributed by atoms with E-state index in [-0.39, 0.29) is 11.4 Å². The van der Waals surface area contributed by atoms with Crippen LogP contribution in [0, 0.1) is 13.8 Å². The smallest absolute Gasteiger partial charge is 0.272 e. The summed E-state index contributed by atoms with van der Waals surface area (Å²) in [5, 5.41) is 7.55. The van der Waals surface area contributed by atoms with Crippen LogP contribution in [0.2, 0.25) is 0 Å². The highest BCUT2D eigenvalue weighted by Crippen LogP contribution is 2.23. The highest BCUT2D eigenvalue weighted by atomic mass is 16.2. The summed E-state index contributed by atoms with van der Waals surface area (Å²) in [7, 11) is 1.87. The number of aryl methyl sites for hydroxylation is 3. The first-order chi connectivity index (χ1) is 12.7. The molecule has 140 valence electrons. The average Bonchev–Trinajstić information content (AvgIpc) is 2.99. The zero-order valence-electron chi connectivity index (χ0n) is 16.7. The van der Waals surface area contributed by atoms with E-state index in [1.54, 1.807) is 4.68 Å². The Bertz CT molecular complexity index is 955.